The molecule has 2 N–H and O–H groups in total. The van der Waals surface area contributed by atoms with Crippen molar-refractivity contribution in [1.82, 2.24) is 14.9 Å². The van der Waals surface area contributed by atoms with Gasteiger partial charge in [-0.3, -0.25) is 4.57 Å². The average molecular weight is 353 g/mol. The minimum Gasteiger partial charge on any atom is -0.491 e. The number of hydrogen-bond donors (Lipinski definition) is 2. The van der Waals surface area contributed by atoms with Crippen LogP contribution in [0.5, 0.6) is 5.75 Å². The van der Waals surface area contributed by atoms with Crippen molar-refractivity contribution in [2.24, 2.45) is 0 Å². The highest BCUT2D eigenvalue weighted by atomic mass is 35.5. The molecule has 0 bridgehead atoms. The van der Waals surface area contributed by atoms with Gasteiger partial charge in [0.25, 0.3) is 0 Å². The Kier molecular flexibility index (Phi) is 4.98. The van der Waals surface area contributed by atoms with Gasteiger partial charge in [0.1, 0.15) is 18.6 Å². The Labute approximate surface area is 143 Å². The molecule has 0 fully saturated rings. The fourth-order valence-corrected chi connectivity index (χ4v) is 2.77. The normalized spacial score (nSPS) is 14.4. The molecule has 0 aliphatic carbocycles. The Morgan fingerprint density at radius 1 is 1.46 bits per heavy atom. The van der Waals surface area contributed by atoms with Crippen LogP contribution in [0.4, 0.5) is 5.82 Å². The quantitative estimate of drug-likeness (QED) is 0.582. The predicted octanol–water partition coefficient (Wildman–Crippen LogP) is 1.88. The van der Waals surface area contributed by atoms with E-state index in [0.717, 1.165) is 13.1 Å². The van der Waals surface area contributed by atoms with Crippen molar-refractivity contribution < 1.29 is 14.8 Å². The zero-order valence-electron chi connectivity index (χ0n) is 12.8. The van der Waals surface area contributed by atoms with Gasteiger partial charge in [-0.1, -0.05) is 6.07 Å². The first-order chi connectivity index (χ1) is 11.5. The Balaban J connectivity index is 1.49. The molecule has 128 valence electrons. The summed E-state index contributed by atoms with van der Waals surface area (Å²) in [6.07, 6.45) is 0.886. The lowest BCUT2D eigenvalue weighted by Crippen LogP contribution is -2.19. The number of halogens is 1. The van der Waals surface area contributed by atoms with Crippen molar-refractivity contribution in [1.29, 1.82) is 0 Å². The molecule has 1 atom stereocenters. The second kappa shape index (κ2) is 7.16. The van der Waals surface area contributed by atoms with Crippen molar-refractivity contribution in [3.8, 4) is 5.75 Å². The van der Waals surface area contributed by atoms with Crippen molar-refractivity contribution in [2.45, 2.75) is 32.2 Å². The summed E-state index contributed by atoms with van der Waals surface area (Å²) in [4.78, 5) is 13.7. The van der Waals surface area contributed by atoms with Crippen LogP contribution in [-0.2, 0) is 19.6 Å². The molecule has 3 rings (SSSR count). The van der Waals surface area contributed by atoms with Gasteiger partial charge in [-0.05, 0) is 51.2 Å². The van der Waals surface area contributed by atoms with Crippen molar-refractivity contribution in [3.05, 3.63) is 50.9 Å². The highest BCUT2D eigenvalue weighted by Crippen LogP contribution is 2.22. The highest BCUT2D eigenvalue weighted by molar-refractivity contribution is 6.28. The summed E-state index contributed by atoms with van der Waals surface area (Å²) >= 11 is 5.83. The van der Waals surface area contributed by atoms with E-state index < -0.39 is 11.0 Å². The largest absolute Gasteiger partial charge is 0.491 e. The van der Waals surface area contributed by atoms with E-state index in [4.69, 9.17) is 16.3 Å². The van der Waals surface area contributed by atoms with Crippen LogP contribution < -0.4 is 10.1 Å². The third-order valence-electron chi connectivity index (χ3n) is 3.86. The zero-order chi connectivity index (χ0) is 17.1. The topological polar surface area (TPSA) is 102 Å². The summed E-state index contributed by atoms with van der Waals surface area (Å²) in [7, 11) is 0. The van der Waals surface area contributed by atoms with Gasteiger partial charge in [-0.25, -0.2) is 0 Å². The Morgan fingerprint density at radius 3 is 3.00 bits per heavy atom. The Bertz CT molecular complexity index is 749. The lowest BCUT2D eigenvalue weighted by atomic mass is 10.1. The average Bonchev–Trinajstić information content (AvgIpc) is 3.16. The molecule has 1 aromatic carbocycles. The van der Waals surface area contributed by atoms with Gasteiger partial charge in [0.2, 0.25) is 0 Å². The van der Waals surface area contributed by atoms with Gasteiger partial charge in [-0.15, -0.1) is 0 Å². The number of imidazole rings is 1. The fourth-order valence-electron chi connectivity index (χ4n) is 2.55. The van der Waals surface area contributed by atoms with E-state index in [9.17, 15) is 15.2 Å². The van der Waals surface area contributed by atoms with Gasteiger partial charge in [0, 0.05) is 19.6 Å². The number of nitrogens with one attached hydrogen (secondary N) is 1. The van der Waals surface area contributed by atoms with Crippen LogP contribution in [0.1, 0.15) is 17.5 Å². The number of nitrogens with zero attached hydrogens (tertiary/aromatic N) is 3. The number of rotatable bonds is 7. The molecule has 1 aliphatic rings. The lowest BCUT2D eigenvalue weighted by molar-refractivity contribution is -0.389. The maximum Gasteiger partial charge on any atom is 0.383 e. The molecule has 9 heteroatoms. The first kappa shape index (κ1) is 16.7. The Hall–Kier alpha value is -2.16. The van der Waals surface area contributed by atoms with E-state index in [-0.39, 0.29) is 17.7 Å². The molecule has 0 radical (unpaired) electrons. The van der Waals surface area contributed by atoms with Gasteiger partial charge in [0.05, 0.1) is 6.10 Å². The second-order valence-electron chi connectivity index (χ2n) is 5.61. The van der Waals surface area contributed by atoms with Gasteiger partial charge in [-0.2, -0.15) is 0 Å². The molecule has 2 heterocycles. The predicted molar refractivity (Wildman–Crippen MR) is 87.0 cm³/mol. The van der Waals surface area contributed by atoms with Gasteiger partial charge < -0.3 is 25.3 Å². The maximum absolute atomic E-state index is 10.6. The molecule has 1 aliphatic heterocycles. The van der Waals surface area contributed by atoms with Crippen LogP contribution in [0, 0.1) is 10.1 Å². The van der Waals surface area contributed by atoms with Gasteiger partial charge >= 0.3 is 11.1 Å². The van der Waals surface area contributed by atoms with Gasteiger partial charge in [0.15, 0.2) is 0 Å². The lowest BCUT2D eigenvalue weighted by Gasteiger charge is -2.13. The van der Waals surface area contributed by atoms with Crippen molar-refractivity contribution in [3.63, 3.8) is 0 Å². The molecule has 24 heavy (non-hydrogen) atoms. The van der Waals surface area contributed by atoms with Crippen LogP contribution >= 0.6 is 11.6 Å². The van der Waals surface area contributed by atoms with Crippen LogP contribution in [0.25, 0.3) is 0 Å². The minimum absolute atomic E-state index is 0.0286. The molecule has 8 nitrogen and oxygen atoms in total. The zero-order valence-corrected chi connectivity index (χ0v) is 13.6. The number of hydrogen-bond acceptors (Lipinski definition) is 6. The van der Waals surface area contributed by atoms with E-state index in [2.05, 4.69) is 10.3 Å². The van der Waals surface area contributed by atoms with E-state index in [1.54, 1.807) is 0 Å². The number of aromatic nitrogens is 2. The number of fused-ring (bicyclic) bond motifs is 1. The summed E-state index contributed by atoms with van der Waals surface area (Å²) in [5, 5.41) is 24.0. The second-order valence-corrected chi connectivity index (χ2v) is 5.94. The number of aryl methyl sites for hydroxylation is 1. The summed E-state index contributed by atoms with van der Waals surface area (Å²) in [6.45, 7) is 2.15. The van der Waals surface area contributed by atoms with Crippen LogP contribution in [0.3, 0.4) is 0 Å². The van der Waals surface area contributed by atoms with Crippen molar-refractivity contribution >= 4 is 17.4 Å². The summed E-state index contributed by atoms with van der Waals surface area (Å²) in [6, 6.07) is 5.87. The molecule has 0 saturated heterocycles. The molecule has 0 spiro atoms. The number of ether oxygens (including phenoxy) is 1. The maximum atomic E-state index is 10.6. The molecule has 0 unspecified atom stereocenters. The fraction of sp³-hybridized carbons (Fsp3) is 0.400. The summed E-state index contributed by atoms with van der Waals surface area (Å²) < 4.78 is 7.05. The first-order valence-electron chi connectivity index (χ1n) is 7.53. The van der Waals surface area contributed by atoms with Crippen molar-refractivity contribution in [2.75, 3.05) is 6.61 Å². The van der Waals surface area contributed by atoms with E-state index in [0.29, 0.717) is 18.7 Å². The van der Waals surface area contributed by atoms with E-state index in [1.165, 1.54) is 21.9 Å². The standard InChI is InChI=1S/C15H17ClN4O4/c16-15-18-14(20(22)23)8-19(15)4-3-12(21)9-24-13-2-1-10-6-17-7-11(10)5-13/h1-2,5,8,12,17,21H,3-4,6-7,9H2/t12-/m0/s1. The molecular formula is C15H17ClN4O4. The van der Waals surface area contributed by atoms with Crippen LogP contribution in [0.2, 0.25) is 5.28 Å². The monoisotopic (exact) mass is 352 g/mol. The molecular weight excluding hydrogens is 336 g/mol. The molecule has 1 aromatic heterocycles. The third kappa shape index (κ3) is 3.84. The summed E-state index contributed by atoms with van der Waals surface area (Å²) in [5.74, 6) is 0.408. The SMILES string of the molecule is O=[N+]([O-])c1cn(CC[C@H](O)COc2ccc3c(c2)CNC3)c(Cl)n1. The highest BCUT2D eigenvalue weighted by Gasteiger charge is 2.18. The Morgan fingerprint density at radius 2 is 2.25 bits per heavy atom. The molecule has 0 amide bonds. The first-order valence-corrected chi connectivity index (χ1v) is 7.91. The minimum atomic E-state index is -0.714. The molecule has 2 aromatic rings. The number of nitro groups is 1. The smallest absolute Gasteiger partial charge is 0.383 e. The number of aliphatic hydroxyl groups excluding tert-OH is 1. The number of benzene rings is 1. The van der Waals surface area contributed by atoms with E-state index >= 15 is 0 Å². The van der Waals surface area contributed by atoms with Crippen LogP contribution in [-0.4, -0.2) is 32.3 Å². The third-order valence-corrected chi connectivity index (χ3v) is 4.16. The number of aliphatic hydroxyl groups is 1. The molecule has 0 saturated carbocycles. The van der Waals surface area contributed by atoms with E-state index in [1.807, 2.05) is 18.2 Å². The summed E-state index contributed by atoms with van der Waals surface area (Å²) in [5.41, 5.74) is 2.47. The van der Waals surface area contributed by atoms with Crippen LogP contribution in [0.15, 0.2) is 24.4 Å².